The van der Waals surface area contributed by atoms with Crippen LogP contribution in [0.2, 0.25) is 0 Å². The fraction of sp³-hybridized carbons (Fsp3) is 0.462. The second-order valence-corrected chi connectivity index (χ2v) is 5.39. The van der Waals surface area contributed by atoms with Crippen molar-refractivity contribution >= 4 is 21.8 Å². The highest BCUT2D eigenvalue weighted by Gasteiger charge is 2.15. The SMILES string of the molecule is O=C(NCC1CCNCC1)c1ccc(F)c(Br)c1. The van der Waals surface area contributed by atoms with Gasteiger partial charge in [-0.05, 0) is 66.0 Å². The Morgan fingerprint density at radius 3 is 2.83 bits per heavy atom. The summed E-state index contributed by atoms with van der Waals surface area (Å²) >= 11 is 3.08. The third-order valence-electron chi connectivity index (χ3n) is 3.19. The molecule has 98 valence electrons. The molecule has 1 aromatic rings. The predicted octanol–water partition coefficient (Wildman–Crippen LogP) is 2.32. The molecule has 1 aromatic carbocycles. The van der Waals surface area contributed by atoms with Gasteiger partial charge in [0.25, 0.3) is 5.91 Å². The Bertz CT molecular complexity index is 433. The summed E-state index contributed by atoms with van der Waals surface area (Å²) in [6.07, 6.45) is 2.18. The maximum Gasteiger partial charge on any atom is 0.251 e. The second kappa shape index (κ2) is 6.29. The molecule has 2 rings (SSSR count). The van der Waals surface area contributed by atoms with Gasteiger partial charge < -0.3 is 10.6 Å². The van der Waals surface area contributed by atoms with Crippen LogP contribution in [0.5, 0.6) is 0 Å². The van der Waals surface area contributed by atoms with E-state index in [2.05, 4.69) is 26.6 Å². The lowest BCUT2D eigenvalue weighted by Gasteiger charge is -2.22. The summed E-state index contributed by atoms with van der Waals surface area (Å²) in [6, 6.07) is 4.30. The van der Waals surface area contributed by atoms with Crippen molar-refractivity contribution in [3.8, 4) is 0 Å². The van der Waals surface area contributed by atoms with Crippen LogP contribution >= 0.6 is 15.9 Å². The van der Waals surface area contributed by atoms with E-state index in [0.29, 0.717) is 22.5 Å². The fourth-order valence-electron chi connectivity index (χ4n) is 2.06. The van der Waals surface area contributed by atoms with Gasteiger partial charge in [-0.2, -0.15) is 0 Å². The number of carbonyl (C=O) groups is 1. The first-order chi connectivity index (χ1) is 8.66. The highest BCUT2D eigenvalue weighted by molar-refractivity contribution is 9.10. The van der Waals surface area contributed by atoms with Crippen LogP contribution in [-0.2, 0) is 0 Å². The molecule has 0 aliphatic carbocycles. The zero-order chi connectivity index (χ0) is 13.0. The summed E-state index contributed by atoms with van der Waals surface area (Å²) in [4.78, 5) is 11.9. The van der Waals surface area contributed by atoms with Crippen molar-refractivity contribution in [2.45, 2.75) is 12.8 Å². The molecule has 0 unspecified atom stereocenters. The Morgan fingerprint density at radius 1 is 1.44 bits per heavy atom. The van der Waals surface area contributed by atoms with E-state index in [4.69, 9.17) is 0 Å². The molecule has 0 radical (unpaired) electrons. The zero-order valence-electron chi connectivity index (χ0n) is 10.0. The van der Waals surface area contributed by atoms with E-state index in [1.165, 1.54) is 18.2 Å². The van der Waals surface area contributed by atoms with E-state index in [-0.39, 0.29) is 11.7 Å². The Kier molecular flexibility index (Phi) is 4.72. The van der Waals surface area contributed by atoms with E-state index in [1.807, 2.05) is 0 Å². The molecule has 1 aliphatic rings. The van der Waals surface area contributed by atoms with Crippen LogP contribution in [-0.4, -0.2) is 25.5 Å². The number of carbonyl (C=O) groups excluding carboxylic acids is 1. The maximum atomic E-state index is 13.1. The highest BCUT2D eigenvalue weighted by Crippen LogP contribution is 2.17. The number of benzene rings is 1. The minimum atomic E-state index is -0.357. The molecule has 1 aliphatic heterocycles. The third kappa shape index (κ3) is 3.53. The Morgan fingerprint density at radius 2 is 2.17 bits per heavy atom. The van der Waals surface area contributed by atoms with Gasteiger partial charge in [0, 0.05) is 12.1 Å². The number of halogens is 2. The quantitative estimate of drug-likeness (QED) is 0.899. The third-order valence-corrected chi connectivity index (χ3v) is 3.80. The lowest BCUT2D eigenvalue weighted by molar-refractivity contribution is 0.0944. The number of rotatable bonds is 3. The minimum Gasteiger partial charge on any atom is -0.352 e. The van der Waals surface area contributed by atoms with Gasteiger partial charge >= 0.3 is 0 Å². The van der Waals surface area contributed by atoms with Crippen LogP contribution in [0.1, 0.15) is 23.2 Å². The molecule has 0 saturated carbocycles. The van der Waals surface area contributed by atoms with Crippen LogP contribution in [0.25, 0.3) is 0 Å². The number of piperidine rings is 1. The van der Waals surface area contributed by atoms with Gasteiger partial charge in [0.15, 0.2) is 0 Å². The van der Waals surface area contributed by atoms with Crippen molar-refractivity contribution in [3.05, 3.63) is 34.1 Å². The van der Waals surface area contributed by atoms with Crippen LogP contribution in [0.15, 0.2) is 22.7 Å². The van der Waals surface area contributed by atoms with Crippen LogP contribution in [0.4, 0.5) is 4.39 Å². The van der Waals surface area contributed by atoms with Crippen LogP contribution in [0, 0.1) is 11.7 Å². The molecule has 0 spiro atoms. The summed E-state index contributed by atoms with van der Waals surface area (Å²) in [5.74, 6) is 0.0400. The largest absolute Gasteiger partial charge is 0.352 e. The molecule has 2 N–H and O–H groups in total. The van der Waals surface area contributed by atoms with Gasteiger partial charge in [0.05, 0.1) is 4.47 Å². The van der Waals surface area contributed by atoms with Gasteiger partial charge in [-0.25, -0.2) is 4.39 Å². The van der Waals surface area contributed by atoms with E-state index in [1.54, 1.807) is 0 Å². The monoisotopic (exact) mass is 314 g/mol. The Labute approximate surface area is 114 Å². The molecular formula is C13H16BrFN2O. The molecule has 1 fully saturated rings. The van der Waals surface area contributed by atoms with E-state index in [9.17, 15) is 9.18 Å². The van der Waals surface area contributed by atoms with Gasteiger partial charge in [-0.3, -0.25) is 4.79 Å². The number of hydrogen-bond donors (Lipinski definition) is 2. The van der Waals surface area contributed by atoms with Crippen molar-refractivity contribution in [1.82, 2.24) is 10.6 Å². The molecule has 5 heteroatoms. The smallest absolute Gasteiger partial charge is 0.251 e. The number of hydrogen-bond acceptors (Lipinski definition) is 2. The summed E-state index contributed by atoms with van der Waals surface area (Å²) in [6.45, 7) is 2.72. The van der Waals surface area contributed by atoms with Crippen molar-refractivity contribution in [1.29, 1.82) is 0 Å². The predicted molar refractivity (Wildman–Crippen MR) is 72.0 cm³/mol. The van der Waals surface area contributed by atoms with Gasteiger partial charge in [0.2, 0.25) is 0 Å². The molecule has 0 bridgehead atoms. The van der Waals surface area contributed by atoms with Gasteiger partial charge in [-0.15, -0.1) is 0 Å². The summed E-state index contributed by atoms with van der Waals surface area (Å²) in [7, 11) is 0. The average molecular weight is 315 g/mol. The molecule has 1 saturated heterocycles. The molecule has 3 nitrogen and oxygen atoms in total. The summed E-state index contributed by atoms with van der Waals surface area (Å²) < 4.78 is 13.4. The van der Waals surface area contributed by atoms with Crippen molar-refractivity contribution in [3.63, 3.8) is 0 Å². The van der Waals surface area contributed by atoms with Crippen molar-refractivity contribution in [2.75, 3.05) is 19.6 Å². The van der Waals surface area contributed by atoms with Crippen LogP contribution in [0.3, 0.4) is 0 Å². The van der Waals surface area contributed by atoms with Gasteiger partial charge in [0.1, 0.15) is 5.82 Å². The summed E-state index contributed by atoms with van der Waals surface area (Å²) in [5.41, 5.74) is 0.484. The maximum absolute atomic E-state index is 13.1. The molecule has 1 amide bonds. The first-order valence-corrected chi connectivity index (χ1v) is 6.90. The lowest BCUT2D eigenvalue weighted by Crippen LogP contribution is -2.35. The Hall–Kier alpha value is -0.940. The highest BCUT2D eigenvalue weighted by atomic mass is 79.9. The topological polar surface area (TPSA) is 41.1 Å². The Balaban J connectivity index is 1.88. The fourth-order valence-corrected chi connectivity index (χ4v) is 2.44. The van der Waals surface area contributed by atoms with Gasteiger partial charge in [-0.1, -0.05) is 0 Å². The first kappa shape index (κ1) is 13.5. The molecule has 0 aromatic heterocycles. The molecule has 18 heavy (non-hydrogen) atoms. The number of nitrogens with one attached hydrogen (secondary N) is 2. The standard InChI is InChI=1S/C13H16BrFN2O/c14-11-7-10(1-2-12(11)15)13(18)17-8-9-3-5-16-6-4-9/h1-2,7,9,16H,3-6,8H2,(H,17,18). The molecular weight excluding hydrogens is 299 g/mol. The second-order valence-electron chi connectivity index (χ2n) is 4.53. The molecule has 0 atom stereocenters. The van der Waals surface area contributed by atoms with Crippen LogP contribution < -0.4 is 10.6 Å². The zero-order valence-corrected chi connectivity index (χ0v) is 11.6. The lowest BCUT2D eigenvalue weighted by atomic mass is 9.98. The first-order valence-electron chi connectivity index (χ1n) is 6.11. The average Bonchev–Trinajstić information content (AvgIpc) is 2.40. The normalized spacial score (nSPS) is 16.6. The minimum absolute atomic E-state index is 0.144. The number of amides is 1. The molecule has 1 heterocycles. The van der Waals surface area contributed by atoms with Crippen molar-refractivity contribution in [2.24, 2.45) is 5.92 Å². The van der Waals surface area contributed by atoms with E-state index >= 15 is 0 Å². The van der Waals surface area contributed by atoms with E-state index < -0.39 is 0 Å². The van der Waals surface area contributed by atoms with E-state index in [0.717, 1.165) is 25.9 Å². The summed E-state index contributed by atoms with van der Waals surface area (Å²) in [5, 5.41) is 6.19. The van der Waals surface area contributed by atoms with Crippen molar-refractivity contribution < 1.29 is 9.18 Å².